The second kappa shape index (κ2) is 4.64. The molecule has 0 saturated heterocycles. The molecule has 0 radical (unpaired) electrons. The van der Waals surface area contributed by atoms with E-state index in [0.29, 0.717) is 0 Å². The van der Waals surface area contributed by atoms with Gasteiger partial charge in [0.25, 0.3) is 0 Å². The molecular formula is C11H20O2. The zero-order chi connectivity index (χ0) is 9.84. The molecule has 0 heterocycles. The summed E-state index contributed by atoms with van der Waals surface area (Å²) in [5.74, 6) is 0.964. The predicted octanol–water partition coefficient (Wildman–Crippen LogP) is 2.92. The van der Waals surface area contributed by atoms with E-state index in [2.05, 4.69) is 6.92 Å². The summed E-state index contributed by atoms with van der Waals surface area (Å²) in [4.78, 5) is 10.5. The van der Waals surface area contributed by atoms with Crippen molar-refractivity contribution in [3.05, 3.63) is 0 Å². The van der Waals surface area contributed by atoms with Crippen molar-refractivity contribution >= 4 is 5.97 Å². The van der Waals surface area contributed by atoms with E-state index in [1.54, 1.807) is 6.92 Å². The summed E-state index contributed by atoms with van der Waals surface area (Å²) in [7, 11) is 0. The average Bonchev–Trinajstić information content (AvgIpc) is 2.85. The Morgan fingerprint density at radius 2 is 2.00 bits per heavy atom. The third kappa shape index (κ3) is 3.79. The van der Waals surface area contributed by atoms with Crippen molar-refractivity contribution in [2.24, 2.45) is 17.8 Å². The second-order valence-corrected chi connectivity index (χ2v) is 4.48. The lowest BCUT2D eigenvalue weighted by Crippen LogP contribution is -2.09. The molecule has 2 nitrogen and oxygen atoms in total. The minimum atomic E-state index is -0.654. The molecule has 1 rings (SSSR count). The summed E-state index contributed by atoms with van der Waals surface area (Å²) in [5, 5.41) is 8.67. The van der Waals surface area contributed by atoms with Crippen LogP contribution in [0, 0.1) is 17.8 Å². The van der Waals surface area contributed by atoms with Crippen LogP contribution in [-0.2, 0) is 4.79 Å². The Balaban J connectivity index is 2.02. The van der Waals surface area contributed by atoms with Gasteiger partial charge >= 0.3 is 5.97 Å². The first-order chi connectivity index (χ1) is 6.11. The number of aliphatic carboxylic acids is 1. The van der Waals surface area contributed by atoms with Gasteiger partial charge in [-0.1, -0.05) is 26.7 Å². The van der Waals surface area contributed by atoms with Crippen molar-refractivity contribution in [1.82, 2.24) is 0 Å². The van der Waals surface area contributed by atoms with Crippen molar-refractivity contribution in [2.45, 2.75) is 46.0 Å². The lowest BCUT2D eigenvalue weighted by atomic mass is 9.96. The Kier molecular flexibility index (Phi) is 3.76. The molecule has 0 spiro atoms. The highest BCUT2D eigenvalue weighted by Gasteiger charge is 2.27. The van der Waals surface area contributed by atoms with Crippen LogP contribution in [0.4, 0.5) is 0 Å². The van der Waals surface area contributed by atoms with E-state index in [-0.39, 0.29) is 5.92 Å². The molecule has 1 fully saturated rings. The maximum absolute atomic E-state index is 10.5. The van der Waals surface area contributed by atoms with Gasteiger partial charge in [0.1, 0.15) is 0 Å². The van der Waals surface area contributed by atoms with Gasteiger partial charge in [0.2, 0.25) is 0 Å². The van der Waals surface area contributed by atoms with Crippen LogP contribution < -0.4 is 0 Å². The van der Waals surface area contributed by atoms with Gasteiger partial charge < -0.3 is 5.11 Å². The van der Waals surface area contributed by atoms with E-state index in [0.717, 1.165) is 24.7 Å². The number of hydrogen-bond donors (Lipinski definition) is 1. The Morgan fingerprint density at radius 3 is 2.46 bits per heavy atom. The summed E-state index contributed by atoms with van der Waals surface area (Å²) in [6.45, 7) is 4.09. The molecule has 1 saturated carbocycles. The van der Waals surface area contributed by atoms with Crippen LogP contribution in [0.5, 0.6) is 0 Å². The lowest BCUT2D eigenvalue weighted by Gasteiger charge is -2.10. The maximum Gasteiger partial charge on any atom is 0.306 e. The van der Waals surface area contributed by atoms with E-state index in [4.69, 9.17) is 5.11 Å². The van der Waals surface area contributed by atoms with E-state index < -0.39 is 5.97 Å². The molecule has 2 heteroatoms. The van der Waals surface area contributed by atoms with Gasteiger partial charge in [-0.25, -0.2) is 0 Å². The van der Waals surface area contributed by atoms with Crippen molar-refractivity contribution in [1.29, 1.82) is 0 Å². The number of carbonyl (C=O) groups is 1. The fraction of sp³-hybridized carbons (Fsp3) is 0.909. The Hall–Kier alpha value is -0.530. The van der Waals surface area contributed by atoms with Gasteiger partial charge in [-0.2, -0.15) is 0 Å². The fourth-order valence-electron chi connectivity index (χ4n) is 1.77. The SMILES string of the molecule is CC(CCCC(C)C1CC1)C(=O)O. The Morgan fingerprint density at radius 1 is 1.38 bits per heavy atom. The molecule has 2 atom stereocenters. The Bertz CT molecular complexity index is 173. The van der Waals surface area contributed by atoms with Crippen molar-refractivity contribution in [2.75, 3.05) is 0 Å². The molecule has 13 heavy (non-hydrogen) atoms. The molecule has 0 aromatic carbocycles. The van der Waals surface area contributed by atoms with Gasteiger partial charge in [0.15, 0.2) is 0 Å². The van der Waals surface area contributed by atoms with Crippen LogP contribution in [0.25, 0.3) is 0 Å². The van der Waals surface area contributed by atoms with E-state index in [1.165, 1.54) is 19.3 Å². The molecule has 0 bridgehead atoms. The van der Waals surface area contributed by atoms with Crippen molar-refractivity contribution in [3.8, 4) is 0 Å². The molecule has 0 aliphatic heterocycles. The van der Waals surface area contributed by atoms with Crippen LogP contribution in [0.15, 0.2) is 0 Å². The Labute approximate surface area is 80.3 Å². The van der Waals surface area contributed by atoms with Crippen LogP contribution in [-0.4, -0.2) is 11.1 Å². The highest BCUT2D eigenvalue weighted by molar-refractivity contribution is 5.69. The van der Waals surface area contributed by atoms with Gasteiger partial charge in [-0.3, -0.25) is 4.79 Å². The second-order valence-electron chi connectivity index (χ2n) is 4.48. The maximum atomic E-state index is 10.5. The van der Waals surface area contributed by atoms with E-state index in [9.17, 15) is 4.79 Å². The average molecular weight is 184 g/mol. The van der Waals surface area contributed by atoms with Gasteiger partial charge in [-0.15, -0.1) is 0 Å². The third-order valence-electron chi connectivity index (χ3n) is 3.14. The third-order valence-corrected chi connectivity index (χ3v) is 3.14. The van der Waals surface area contributed by atoms with E-state index in [1.807, 2.05) is 0 Å². The first-order valence-electron chi connectivity index (χ1n) is 5.34. The molecule has 0 aromatic rings. The summed E-state index contributed by atoms with van der Waals surface area (Å²) in [6, 6.07) is 0. The molecule has 0 aromatic heterocycles. The molecule has 2 unspecified atom stereocenters. The molecular weight excluding hydrogens is 164 g/mol. The first-order valence-corrected chi connectivity index (χ1v) is 5.34. The zero-order valence-electron chi connectivity index (χ0n) is 8.62. The topological polar surface area (TPSA) is 37.3 Å². The fourth-order valence-corrected chi connectivity index (χ4v) is 1.77. The number of carboxylic acids is 1. The highest BCUT2D eigenvalue weighted by atomic mass is 16.4. The van der Waals surface area contributed by atoms with Gasteiger partial charge in [-0.05, 0) is 31.1 Å². The largest absolute Gasteiger partial charge is 0.481 e. The monoisotopic (exact) mass is 184 g/mol. The highest BCUT2D eigenvalue weighted by Crippen LogP contribution is 2.38. The summed E-state index contributed by atoms with van der Waals surface area (Å²) in [5.41, 5.74) is 0. The van der Waals surface area contributed by atoms with Crippen LogP contribution >= 0.6 is 0 Å². The quantitative estimate of drug-likeness (QED) is 0.689. The van der Waals surface area contributed by atoms with Crippen LogP contribution in [0.2, 0.25) is 0 Å². The van der Waals surface area contributed by atoms with Crippen molar-refractivity contribution in [3.63, 3.8) is 0 Å². The van der Waals surface area contributed by atoms with Crippen molar-refractivity contribution < 1.29 is 9.90 Å². The molecule has 0 amide bonds. The van der Waals surface area contributed by atoms with Gasteiger partial charge in [0, 0.05) is 0 Å². The van der Waals surface area contributed by atoms with Gasteiger partial charge in [0.05, 0.1) is 5.92 Å². The lowest BCUT2D eigenvalue weighted by molar-refractivity contribution is -0.141. The number of carboxylic acid groups (broad SMARTS) is 1. The minimum Gasteiger partial charge on any atom is -0.481 e. The normalized spacial score (nSPS) is 21.1. The van der Waals surface area contributed by atoms with E-state index >= 15 is 0 Å². The first kappa shape index (κ1) is 10.6. The summed E-state index contributed by atoms with van der Waals surface area (Å²) in [6.07, 6.45) is 5.92. The molecule has 1 aliphatic rings. The van der Waals surface area contributed by atoms with Crippen LogP contribution in [0.1, 0.15) is 46.0 Å². The van der Waals surface area contributed by atoms with Crippen LogP contribution in [0.3, 0.4) is 0 Å². The number of hydrogen-bond acceptors (Lipinski definition) is 1. The summed E-state index contributed by atoms with van der Waals surface area (Å²) >= 11 is 0. The molecule has 1 aliphatic carbocycles. The molecule has 76 valence electrons. The zero-order valence-corrected chi connectivity index (χ0v) is 8.62. The predicted molar refractivity (Wildman–Crippen MR) is 52.5 cm³/mol. The standard InChI is InChI=1S/C11H20O2/c1-8(10-6-7-10)4-3-5-9(2)11(12)13/h8-10H,3-7H2,1-2H3,(H,12,13). The molecule has 1 N–H and O–H groups in total. The minimum absolute atomic E-state index is 0.161. The number of rotatable bonds is 6. The summed E-state index contributed by atoms with van der Waals surface area (Å²) < 4.78 is 0. The smallest absolute Gasteiger partial charge is 0.306 e.